The quantitative estimate of drug-likeness (QED) is 0.307. The minimum absolute atomic E-state index is 0.0775. The highest BCUT2D eigenvalue weighted by atomic mass is 16.7. The summed E-state index contributed by atoms with van der Waals surface area (Å²) in [7, 11) is 3.40. The van der Waals surface area contributed by atoms with Crippen molar-refractivity contribution in [2.24, 2.45) is 0 Å². The van der Waals surface area contributed by atoms with E-state index in [0.717, 1.165) is 35.3 Å². The normalized spacial score (nSPS) is 16.5. The largest absolute Gasteiger partial charge is 0.497 e. The first-order valence-electron chi connectivity index (χ1n) is 13.5. The monoisotopic (exact) mass is 543 g/mol. The maximum absolute atomic E-state index is 11.1. The van der Waals surface area contributed by atoms with Crippen LogP contribution in [0.1, 0.15) is 35.4 Å². The summed E-state index contributed by atoms with van der Waals surface area (Å²) >= 11 is 0. The third-order valence-electron chi connectivity index (χ3n) is 6.80. The highest BCUT2D eigenvalue weighted by molar-refractivity contribution is 5.82. The van der Waals surface area contributed by atoms with Gasteiger partial charge in [-0.05, 0) is 46.9 Å². The fourth-order valence-electron chi connectivity index (χ4n) is 4.57. The Morgan fingerprint density at radius 2 is 1.48 bits per heavy atom. The van der Waals surface area contributed by atoms with Crippen LogP contribution in [-0.2, 0) is 20.6 Å². The lowest BCUT2D eigenvalue weighted by atomic mass is 10.0. The van der Waals surface area contributed by atoms with E-state index >= 15 is 0 Å². The van der Waals surface area contributed by atoms with Gasteiger partial charge in [0.15, 0.2) is 6.29 Å². The standard InChI is InChI=1S/C13H18O4.C10H11NO2.C10H8/c1-15-11-5-4-10(3-2-6-14)12(9-11)13-16-7-8-17-13;1-11-9(7-13-10(11)12)8-5-3-2-4-6-8;1-2-6-10-8-4-3-7-9(10)5-1/h4-5,9,13-14H,2-3,6-8H2,1H3;2-6,9H,7H2,1H3;1-8H. The van der Waals surface area contributed by atoms with Crippen LogP contribution in [0.5, 0.6) is 5.75 Å². The lowest BCUT2D eigenvalue weighted by Gasteiger charge is -2.15. The molecule has 6 rings (SSSR count). The number of benzene rings is 4. The molecule has 2 aliphatic heterocycles. The van der Waals surface area contributed by atoms with Crippen LogP contribution in [0.25, 0.3) is 10.8 Å². The predicted molar refractivity (Wildman–Crippen MR) is 155 cm³/mol. The summed E-state index contributed by atoms with van der Waals surface area (Å²) in [6.45, 7) is 1.90. The number of hydrogen-bond acceptors (Lipinski definition) is 6. The fraction of sp³-hybridized carbons (Fsp3) is 0.303. The van der Waals surface area contributed by atoms with Crippen molar-refractivity contribution in [3.8, 4) is 5.75 Å². The highest BCUT2D eigenvalue weighted by Gasteiger charge is 2.30. The van der Waals surface area contributed by atoms with Gasteiger partial charge in [0.25, 0.3) is 0 Å². The second kappa shape index (κ2) is 15.0. The van der Waals surface area contributed by atoms with Crippen molar-refractivity contribution < 1.29 is 28.8 Å². The Kier molecular flexibility index (Phi) is 10.9. The zero-order valence-electron chi connectivity index (χ0n) is 23.1. The maximum atomic E-state index is 11.1. The Bertz CT molecular complexity index is 1270. The van der Waals surface area contributed by atoms with Gasteiger partial charge in [-0.25, -0.2) is 4.79 Å². The van der Waals surface area contributed by atoms with E-state index in [2.05, 4.69) is 48.5 Å². The van der Waals surface area contributed by atoms with Crippen molar-refractivity contribution in [2.75, 3.05) is 40.6 Å². The van der Waals surface area contributed by atoms with Gasteiger partial charge in [0, 0.05) is 19.2 Å². The number of aliphatic hydroxyl groups excluding tert-OH is 1. The molecule has 0 aliphatic carbocycles. The number of nitrogens with zero attached hydrogens (tertiary/aromatic N) is 1. The molecule has 40 heavy (non-hydrogen) atoms. The molecule has 4 aromatic carbocycles. The van der Waals surface area contributed by atoms with Crippen LogP contribution < -0.4 is 4.74 Å². The Balaban J connectivity index is 0.000000143. The smallest absolute Gasteiger partial charge is 0.410 e. The van der Waals surface area contributed by atoms with E-state index in [0.29, 0.717) is 19.8 Å². The topological polar surface area (TPSA) is 77.5 Å². The first kappa shape index (κ1) is 29.1. The number of fused-ring (bicyclic) bond motifs is 1. The number of methoxy groups -OCH3 is 1. The van der Waals surface area contributed by atoms with E-state index < -0.39 is 0 Å². The number of ether oxygens (including phenoxy) is 4. The molecule has 0 spiro atoms. The molecular formula is C33H37NO6. The van der Waals surface area contributed by atoms with Crippen LogP contribution >= 0.6 is 0 Å². The van der Waals surface area contributed by atoms with Gasteiger partial charge in [-0.15, -0.1) is 0 Å². The van der Waals surface area contributed by atoms with Gasteiger partial charge >= 0.3 is 6.09 Å². The number of amides is 1. The minimum Gasteiger partial charge on any atom is -0.497 e. The number of likely N-dealkylation sites (N-methyl/N-ethyl adjacent to an activating group) is 1. The molecule has 210 valence electrons. The summed E-state index contributed by atoms with van der Waals surface area (Å²) in [6.07, 6.45) is 1.03. The molecule has 1 atom stereocenters. The summed E-state index contributed by atoms with van der Waals surface area (Å²) < 4.78 is 21.2. The second-order valence-corrected chi connectivity index (χ2v) is 9.43. The molecule has 2 saturated heterocycles. The third-order valence-corrected chi connectivity index (χ3v) is 6.80. The number of carbonyl (C=O) groups is 1. The molecule has 0 saturated carbocycles. The van der Waals surface area contributed by atoms with E-state index in [1.165, 1.54) is 10.8 Å². The first-order valence-corrected chi connectivity index (χ1v) is 13.5. The van der Waals surface area contributed by atoms with E-state index in [-0.39, 0.29) is 25.0 Å². The molecule has 7 heteroatoms. The average Bonchev–Trinajstić information content (AvgIpc) is 3.67. The highest BCUT2D eigenvalue weighted by Crippen LogP contribution is 2.30. The summed E-state index contributed by atoms with van der Waals surface area (Å²) in [4.78, 5) is 12.7. The molecule has 0 radical (unpaired) electrons. The molecule has 0 bridgehead atoms. The zero-order chi connectivity index (χ0) is 28.2. The van der Waals surface area contributed by atoms with Crippen LogP contribution in [0.15, 0.2) is 97.1 Å². The Morgan fingerprint density at radius 1 is 0.875 bits per heavy atom. The lowest BCUT2D eigenvalue weighted by molar-refractivity contribution is -0.0448. The molecule has 7 nitrogen and oxygen atoms in total. The van der Waals surface area contributed by atoms with Gasteiger partial charge in [0.1, 0.15) is 12.4 Å². The van der Waals surface area contributed by atoms with Crippen LogP contribution in [0.3, 0.4) is 0 Å². The van der Waals surface area contributed by atoms with Crippen LogP contribution in [0.4, 0.5) is 4.79 Å². The predicted octanol–water partition coefficient (Wildman–Crippen LogP) is 6.32. The van der Waals surface area contributed by atoms with Crippen molar-refractivity contribution in [1.29, 1.82) is 0 Å². The van der Waals surface area contributed by atoms with Gasteiger partial charge in [-0.3, -0.25) is 0 Å². The van der Waals surface area contributed by atoms with E-state index in [4.69, 9.17) is 24.1 Å². The summed E-state index contributed by atoms with van der Waals surface area (Å²) in [5, 5.41) is 11.5. The fourth-order valence-corrected chi connectivity index (χ4v) is 4.57. The molecule has 2 heterocycles. The van der Waals surface area contributed by atoms with Crippen molar-refractivity contribution in [2.45, 2.75) is 25.2 Å². The van der Waals surface area contributed by atoms with Crippen LogP contribution in [0, 0.1) is 0 Å². The van der Waals surface area contributed by atoms with E-state index in [9.17, 15) is 4.79 Å². The average molecular weight is 544 g/mol. The lowest BCUT2D eigenvalue weighted by Crippen LogP contribution is -2.22. The van der Waals surface area contributed by atoms with Gasteiger partial charge in [0.05, 0.1) is 26.4 Å². The molecule has 1 amide bonds. The number of hydrogen-bond donors (Lipinski definition) is 1. The maximum Gasteiger partial charge on any atom is 0.410 e. The number of rotatable bonds is 6. The first-order chi connectivity index (χ1) is 19.6. The molecule has 1 unspecified atom stereocenters. The summed E-state index contributed by atoms with van der Waals surface area (Å²) in [6, 6.07) is 32.6. The van der Waals surface area contributed by atoms with Gasteiger partial charge < -0.3 is 29.0 Å². The van der Waals surface area contributed by atoms with Crippen LogP contribution in [-0.4, -0.2) is 56.7 Å². The third kappa shape index (κ3) is 7.82. The number of carbonyl (C=O) groups excluding carboxylic acids is 1. The summed E-state index contributed by atoms with van der Waals surface area (Å²) in [5.74, 6) is 0.798. The van der Waals surface area contributed by atoms with Crippen molar-refractivity contribution in [3.05, 3.63) is 114 Å². The Morgan fingerprint density at radius 3 is 2.00 bits per heavy atom. The number of aryl methyl sites for hydroxylation is 1. The molecular weight excluding hydrogens is 506 g/mol. The Labute approximate surface area is 235 Å². The molecule has 2 aliphatic rings. The van der Waals surface area contributed by atoms with E-state index in [1.807, 2.05) is 48.5 Å². The molecule has 0 aromatic heterocycles. The van der Waals surface area contributed by atoms with Crippen molar-refractivity contribution >= 4 is 16.9 Å². The SMILES string of the molecule is CN1C(=O)OCC1c1ccccc1.COc1ccc(CCCO)c(C2OCCO2)c1.c1ccc2ccccc2c1. The second-order valence-electron chi connectivity index (χ2n) is 9.43. The number of aliphatic hydroxyl groups is 1. The molecule has 2 fully saturated rings. The zero-order valence-corrected chi connectivity index (χ0v) is 23.1. The van der Waals surface area contributed by atoms with Crippen molar-refractivity contribution in [3.63, 3.8) is 0 Å². The number of cyclic esters (lactones) is 1. The Hall–Kier alpha value is -3.91. The van der Waals surface area contributed by atoms with Crippen LogP contribution in [0.2, 0.25) is 0 Å². The van der Waals surface area contributed by atoms with Gasteiger partial charge in [-0.2, -0.15) is 0 Å². The minimum atomic E-state index is -0.293. The molecule has 1 N–H and O–H groups in total. The van der Waals surface area contributed by atoms with Gasteiger partial charge in [0.2, 0.25) is 0 Å². The molecule has 4 aromatic rings. The van der Waals surface area contributed by atoms with Gasteiger partial charge in [-0.1, -0.05) is 84.9 Å². The summed E-state index contributed by atoms with van der Waals surface area (Å²) in [5.41, 5.74) is 3.28. The van der Waals surface area contributed by atoms with Crippen molar-refractivity contribution in [1.82, 2.24) is 4.90 Å². The van der Waals surface area contributed by atoms with E-state index in [1.54, 1.807) is 19.1 Å².